The Bertz CT molecular complexity index is 1350. The number of aryl methyl sites for hydroxylation is 2. The molecule has 1 N–H and O–H groups in total. The Balaban J connectivity index is 2.03. The molecule has 0 aliphatic heterocycles. The maximum Gasteiger partial charge on any atom is 0.417 e. The average Bonchev–Trinajstić information content (AvgIpc) is 3.09. The standard InChI is InChI=1S/C22H16ClF3N4O2/c1-12-5-3-6-13(2)18(12)27-21-19(14-7-4-8-16(9-14)30(31)32)28-20-17(23)10-15(11-29(20)21)22(24,25)26/h3-11,27H,1-2H3. The Morgan fingerprint density at radius 1 is 1.09 bits per heavy atom. The zero-order valence-electron chi connectivity index (χ0n) is 16.9. The molecule has 0 amide bonds. The SMILES string of the molecule is Cc1cccc(C)c1Nc1c(-c2cccc([N+](=O)[O-])c2)nc2c(Cl)cc(C(F)(F)F)cn12. The number of nitro benzene ring substituents is 1. The third-order valence-electron chi connectivity index (χ3n) is 5.06. The van der Waals surface area contributed by atoms with E-state index in [9.17, 15) is 23.3 Å². The quantitative estimate of drug-likeness (QED) is 0.264. The van der Waals surface area contributed by atoms with E-state index in [1.165, 1.54) is 22.6 Å². The van der Waals surface area contributed by atoms with E-state index >= 15 is 0 Å². The number of benzene rings is 2. The number of alkyl halides is 3. The van der Waals surface area contributed by atoms with Crippen LogP contribution in [0, 0.1) is 24.0 Å². The van der Waals surface area contributed by atoms with Crippen LogP contribution in [0.3, 0.4) is 0 Å². The molecule has 10 heteroatoms. The number of para-hydroxylation sites is 1. The van der Waals surface area contributed by atoms with Crippen molar-refractivity contribution >= 4 is 34.4 Å². The second-order valence-corrected chi connectivity index (χ2v) is 7.68. The molecule has 4 aromatic rings. The van der Waals surface area contributed by atoms with Gasteiger partial charge in [-0.25, -0.2) is 4.98 Å². The Hall–Kier alpha value is -3.59. The highest BCUT2D eigenvalue weighted by Gasteiger charge is 2.33. The van der Waals surface area contributed by atoms with Crippen LogP contribution >= 0.6 is 11.6 Å². The Morgan fingerprint density at radius 3 is 2.38 bits per heavy atom. The maximum atomic E-state index is 13.5. The largest absolute Gasteiger partial charge is 0.417 e. The molecule has 0 aliphatic rings. The predicted molar refractivity (Wildman–Crippen MR) is 116 cm³/mol. The molecule has 0 unspecified atom stereocenters. The van der Waals surface area contributed by atoms with E-state index in [2.05, 4.69) is 10.3 Å². The lowest BCUT2D eigenvalue weighted by atomic mass is 10.1. The van der Waals surface area contributed by atoms with Crippen molar-refractivity contribution in [3.63, 3.8) is 0 Å². The van der Waals surface area contributed by atoms with Crippen LogP contribution in [0.25, 0.3) is 16.9 Å². The maximum absolute atomic E-state index is 13.5. The summed E-state index contributed by atoms with van der Waals surface area (Å²) >= 11 is 6.17. The van der Waals surface area contributed by atoms with E-state index in [-0.39, 0.29) is 27.9 Å². The van der Waals surface area contributed by atoms with Gasteiger partial charge in [0.1, 0.15) is 11.5 Å². The molecular weight excluding hydrogens is 445 g/mol. The number of anilines is 2. The smallest absolute Gasteiger partial charge is 0.339 e. The molecule has 0 saturated carbocycles. The van der Waals surface area contributed by atoms with Crippen LogP contribution in [0.4, 0.5) is 30.4 Å². The molecule has 2 aromatic carbocycles. The van der Waals surface area contributed by atoms with Gasteiger partial charge in [-0.3, -0.25) is 14.5 Å². The van der Waals surface area contributed by atoms with E-state index in [1.807, 2.05) is 32.0 Å². The zero-order chi connectivity index (χ0) is 23.2. The third kappa shape index (κ3) is 3.87. The van der Waals surface area contributed by atoms with Crippen molar-refractivity contribution in [1.29, 1.82) is 0 Å². The first kappa shape index (κ1) is 21.6. The molecule has 2 aromatic heterocycles. The number of nitrogens with zero attached hydrogens (tertiary/aromatic N) is 3. The van der Waals surface area contributed by atoms with Gasteiger partial charge in [0, 0.05) is 29.6 Å². The Kier molecular flexibility index (Phi) is 5.29. The third-order valence-corrected chi connectivity index (χ3v) is 5.34. The molecule has 0 aliphatic carbocycles. The predicted octanol–water partition coefficient (Wildman–Crippen LogP) is 6.94. The first-order chi connectivity index (χ1) is 15.1. The number of nitrogens with one attached hydrogen (secondary N) is 1. The summed E-state index contributed by atoms with van der Waals surface area (Å²) < 4.78 is 41.6. The monoisotopic (exact) mass is 460 g/mol. The van der Waals surface area contributed by atoms with Crippen molar-refractivity contribution in [3.05, 3.63) is 86.6 Å². The number of fused-ring (bicyclic) bond motifs is 1. The van der Waals surface area contributed by atoms with Crippen LogP contribution in [0.5, 0.6) is 0 Å². The molecule has 0 atom stereocenters. The summed E-state index contributed by atoms with van der Waals surface area (Å²) in [6, 6.07) is 12.1. The van der Waals surface area contributed by atoms with Gasteiger partial charge in [0.05, 0.1) is 15.5 Å². The average molecular weight is 461 g/mol. The lowest BCUT2D eigenvalue weighted by molar-refractivity contribution is -0.384. The minimum atomic E-state index is -4.62. The minimum Gasteiger partial charge on any atom is -0.339 e. The van der Waals surface area contributed by atoms with Crippen molar-refractivity contribution < 1.29 is 18.1 Å². The van der Waals surface area contributed by atoms with Crippen LogP contribution in [0.15, 0.2) is 54.7 Å². The van der Waals surface area contributed by atoms with Gasteiger partial charge in [0.25, 0.3) is 5.69 Å². The summed E-state index contributed by atoms with van der Waals surface area (Å²) in [5.74, 6) is 0.214. The van der Waals surface area contributed by atoms with E-state index in [4.69, 9.17) is 11.6 Å². The van der Waals surface area contributed by atoms with Gasteiger partial charge in [-0.1, -0.05) is 41.9 Å². The number of aromatic nitrogens is 2. The van der Waals surface area contributed by atoms with Crippen molar-refractivity contribution in [2.45, 2.75) is 20.0 Å². The van der Waals surface area contributed by atoms with Crippen LogP contribution in [-0.2, 0) is 6.18 Å². The van der Waals surface area contributed by atoms with Gasteiger partial charge in [-0.05, 0) is 31.0 Å². The van der Waals surface area contributed by atoms with Crippen LogP contribution < -0.4 is 5.32 Å². The lowest BCUT2D eigenvalue weighted by Gasteiger charge is -2.15. The normalized spacial score (nSPS) is 11.7. The fourth-order valence-corrected chi connectivity index (χ4v) is 3.73. The number of pyridine rings is 1. The van der Waals surface area contributed by atoms with Gasteiger partial charge < -0.3 is 5.32 Å². The zero-order valence-corrected chi connectivity index (χ0v) is 17.6. The van der Waals surface area contributed by atoms with Crippen LogP contribution in [0.2, 0.25) is 5.02 Å². The molecular formula is C22H16ClF3N4O2. The van der Waals surface area contributed by atoms with E-state index in [0.29, 0.717) is 11.3 Å². The second-order valence-electron chi connectivity index (χ2n) is 7.28. The van der Waals surface area contributed by atoms with E-state index < -0.39 is 16.7 Å². The summed E-state index contributed by atoms with van der Waals surface area (Å²) in [7, 11) is 0. The minimum absolute atomic E-state index is 0.0925. The molecule has 0 spiro atoms. The van der Waals surface area contributed by atoms with E-state index in [0.717, 1.165) is 23.4 Å². The van der Waals surface area contributed by atoms with Gasteiger partial charge >= 0.3 is 6.18 Å². The summed E-state index contributed by atoms with van der Waals surface area (Å²) in [5.41, 5.74) is 2.00. The molecule has 32 heavy (non-hydrogen) atoms. The molecule has 4 rings (SSSR count). The van der Waals surface area contributed by atoms with Crippen molar-refractivity contribution in [2.75, 3.05) is 5.32 Å². The highest BCUT2D eigenvalue weighted by Crippen LogP contribution is 2.39. The second kappa shape index (κ2) is 7.83. The van der Waals surface area contributed by atoms with Crippen LogP contribution in [-0.4, -0.2) is 14.3 Å². The number of halogens is 4. The first-order valence-electron chi connectivity index (χ1n) is 9.43. The van der Waals surface area contributed by atoms with Gasteiger partial charge in [0.2, 0.25) is 0 Å². The fraction of sp³-hybridized carbons (Fsp3) is 0.136. The summed E-state index contributed by atoms with van der Waals surface area (Å²) in [5, 5.41) is 14.2. The van der Waals surface area contributed by atoms with E-state index in [1.54, 1.807) is 6.07 Å². The molecule has 0 saturated heterocycles. The molecule has 164 valence electrons. The fourth-order valence-electron chi connectivity index (χ4n) is 3.48. The number of nitro groups is 1. The highest BCUT2D eigenvalue weighted by molar-refractivity contribution is 6.33. The van der Waals surface area contributed by atoms with Gasteiger partial charge in [-0.2, -0.15) is 13.2 Å². The molecule has 0 bridgehead atoms. The summed E-state index contributed by atoms with van der Waals surface area (Å²) in [6.45, 7) is 3.72. The number of hydrogen-bond acceptors (Lipinski definition) is 4. The Morgan fingerprint density at radius 2 is 1.75 bits per heavy atom. The summed E-state index contributed by atoms with van der Waals surface area (Å²) in [4.78, 5) is 15.1. The van der Waals surface area contributed by atoms with Crippen molar-refractivity contribution in [3.8, 4) is 11.3 Å². The topological polar surface area (TPSA) is 72.5 Å². The van der Waals surface area contributed by atoms with Gasteiger partial charge in [-0.15, -0.1) is 0 Å². The van der Waals surface area contributed by atoms with Crippen molar-refractivity contribution in [2.24, 2.45) is 0 Å². The van der Waals surface area contributed by atoms with Gasteiger partial charge in [0.15, 0.2) is 5.65 Å². The molecule has 0 fully saturated rings. The Labute approximate surface area is 185 Å². The molecule has 6 nitrogen and oxygen atoms in total. The molecule has 0 radical (unpaired) electrons. The lowest BCUT2D eigenvalue weighted by Crippen LogP contribution is -2.08. The number of imidazole rings is 1. The first-order valence-corrected chi connectivity index (χ1v) is 9.81. The number of rotatable bonds is 4. The number of hydrogen-bond donors (Lipinski definition) is 1. The number of non-ortho nitro benzene ring substituents is 1. The summed E-state index contributed by atoms with van der Waals surface area (Å²) in [6.07, 6.45) is -3.71. The highest BCUT2D eigenvalue weighted by atomic mass is 35.5. The van der Waals surface area contributed by atoms with Crippen molar-refractivity contribution in [1.82, 2.24) is 9.38 Å². The molecule has 2 heterocycles. The van der Waals surface area contributed by atoms with Crippen LogP contribution in [0.1, 0.15) is 16.7 Å².